The predicted octanol–water partition coefficient (Wildman–Crippen LogP) is 1.94. The third kappa shape index (κ3) is 3.96. The van der Waals surface area contributed by atoms with E-state index in [1.165, 1.54) is 4.31 Å². The Kier molecular flexibility index (Phi) is 4.91. The van der Waals surface area contributed by atoms with E-state index in [4.69, 9.17) is 11.6 Å². The standard InChI is InChI=1S/C14H19ClN2O3S/c1-10(11-5-7-12(15)8-6-11)16-14(18)13-4-3-9-17(13)21(2,19)20/h5-8,10,13H,3-4,9H2,1-2H3,(H,16,18). The van der Waals surface area contributed by atoms with Gasteiger partial charge in [-0.2, -0.15) is 4.31 Å². The normalized spacial score (nSPS) is 21.2. The summed E-state index contributed by atoms with van der Waals surface area (Å²) in [6.45, 7) is 2.27. The molecule has 1 aromatic rings. The van der Waals surface area contributed by atoms with Crippen LogP contribution in [0.4, 0.5) is 0 Å². The first-order chi connectivity index (χ1) is 9.79. The average Bonchev–Trinajstić information content (AvgIpc) is 2.88. The summed E-state index contributed by atoms with van der Waals surface area (Å²) < 4.78 is 24.6. The largest absolute Gasteiger partial charge is 0.348 e. The van der Waals surface area contributed by atoms with Crippen LogP contribution < -0.4 is 5.32 Å². The minimum atomic E-state index is -3.35. The molecule has 1 aliphatic heterocycles. The predicted molar refractivity (Wildman–Crippen MR) is 82.6 cm³/mol. The van der Waals surface area contributed by atoms with Crippen molar-refractivity contribution in [2.75, 3.05) is 12.8 Å². The van der Waals surface area contributed by atoms with E-state index in [2.05, 4.69) is 5.32 Å². The molecule has 1 aromatic carbocycles. The lowest BCUT2D eigenvalue weighted by Crippen LogP contribution is -2.46. The fourth-order valence-electron chi connectivity index (χ4n) is 2.54. The molecule has 1 fully saturated rings. The minimum absolute atomic E-state index is 0.197. The van der Waals surface area contributed by atoms with Crippen molar-refractivity contribution in [3.63, 3.8) is 0 Å². The zero-order chi connectivity index (χ0) is 15.6. The Morgan fingerprint density at radius 2 is 2.00 bits per heavy atom. The number of benzene rings is 1. The SMILES string of the molecule is CC(NC(=O)C1CCCN1S(C)(=O)=O)c1ccc(Cl)cc1. The van der Waals surface area contributed by atoms with Crippen LogP contribution in [0.15, 0.2) is 24.3 Å². The molecule has 5 nitrogen and oxygen atoms in total. The first kappa shape index (κ1) is 16.3. The molecule has 7 heteroatoms. The van der Waals surface area contributed by atoms with Gasteiger partial charge in [0.15, 0.2) is 0 Å². The smallest absolute Gasteiger partial charge is 0.238 e. The maximum atomic E-state index is 12.3. The molecule has 0 radical (unpaired) electrons. The van der Waals surface area contributed by atoms with Gasteiger partial charge in [0.05, 0.1) is 12.3 Å². The van der Waals surface area contributed by atoms with Crippen LogP contribution in [0.2, 0.25) is 5.02 Å². The highest BCUT2D eigenvalue weighted by Crippen LogP contribution is 2.22. The van der Waals surface area contributed by atoms with Crippen molar-refractivity contribution in [3.05, 3.63) is 34.9 Å². The van der Waals surface area contributed by atoms with Crippen molar-refractivity contribution in [2.24, 2.45) is 0 Å². The summed E-state index contributed by atoms with van der Waals surface area (Å²) in [5.41, 5.74) is 0.927. The second-order valence-corrected chi connectivity index (χ2v) is 7.69. The maximum absolute atomic E-state index is 12.3. The number of hydrogen-bond acceptors (Lipinski definition) is 3. The molecule has 2 atom stereocenters. The number of sulfonamides is 1. The van der Waals surface area contributed by atoms with Crippen molar-refractivity contribution in [1.29, 1.82) is 0 Å². The molecule has 0 aliphatic carbocycles. The van der Waals surface area contributed by atoms with Crippen molar-refractivity contribution < 1.29 is 13.2 Å². The van der Waals surface area contributed by atoms with E-state index in [9.17, 15) is 13.2 Å². The highest BCUT2D eigenvalue weighted by molar-refractivity contribution is 7.88. The van der Waals surface area contributed by atoms with Crippen LogP contribution in [0, 0.1) is 0 Å². The molecule has 1 saturated heterocycles. The number of nitrogens with one attached hydrogen (secondary N) is 1. The quantitative estimate of drug-likeness (QED) is 0.917. The number of carbonyl (C=O) groups is 1. The van der Waals surface area contributed by atoms with Crippen LogP contribution in [-0.4, -0.2) is 37.5 Å². The molecule has 0 bridgehead atoms. The maximum Gasteiger partial charge on any atom is 0.238 e. The minimum Gasteiger partial charge on any atom is -0.348 e. The van der Waals surface area contributed by atoms with Crippen molar-refractivity contribution in [1.82, 2.24) is 9.62 Å². The van der Waals surface area contributed by atoms with Gasteiger partial charge in [-0.05, 0) is 37.5 Å². The van der Waals surface area contributed by atoms with Crippen LogP contribution in [0.1, 0.15) is 31.4 Å². The van der Waals surface area contributed by atoms with Gasteiger partial charge in [-0.25, -0.2) is 8.42 Å². The molecule has 0 spiro atoms. The zero-order valence-corrected chi connectivity index (χ0v) is 13.6. The highest BCUT2D eigenvalue weighted by atomic mass is 35.5. The van der Waals surface area contributed by atoms with Crippen molar-refractivity contribution in [3.8, 4) is 0 Å². The molecule has 0 saturated carbocycles. The second-order valence-electron chi connectivity index (χ2n) is 5.31. The molecule has 0 aromatic heterocycles. The van der Waals surface area contributed by atoms with Gasteiger partial charge in [-0.1, -0.05) is 23.7 Å². The van der Waals surface area contributed by atoms with E-state index in [1.807, 2.05) is 19.1 Å². The lowest BCUT2D eigenvalue weighted by atomic mass is 10.1. The summed E-state index contributed by atoms with van der Waals surface area (Å²) >= 11 is 5.83. The number of nitrogens with zero attached hydrogens (tertiary/aromatic N) is 1. The second kappa shape index (κ2) is 6.34. The van der Waals surface area contributed by atoms with Crippen LogP contribution >= 0.6 is 11.6 Å². The molecule has 1 aliphatic rings. The van der Waals surface area contributed by atoms with Crippen LogP contribution in [0.25, 0.3) is 0 Å². The lowest BCUT2D eigenvalue weighted by Gasteiger charge is -2.23. The Morgan fingerprint density at radius 1 is 1.38 bits per heavy atom. The molecule has 1 heterocycles. The Bertz CT molecular complexity index is 616. The summed E-state index contributed by atoms with van der Waals surface area (Å²) in [4.78, 5) is 12.3. The van der Waals surface area contributed by atoms with Crippen LogP contribution in [-0.2, 0) is 14.8 Å². The first-order valence-corrected chi connectivity index (χ1v) is 9.04. The van der Waals surface area contributed by atoms with Crippen LogP contribution in [0.5, 0.6) is 0 Å². The van der Waals surface area contributed by atoms with Crippen molar-refractivity contribution >= 4 is 27.5 Å². The summed E-state index contributed by atoms with van der Waals surface area (Å²) in [6, 6.07) is 6.41. The van der Waals surface area contributed by atoms with Gasteiger partial charge in [0.1, 0.15) is 6.04 Å². The first-order valence-electron chi connectivity index (χ1n) is 6.81. The third-order valence-corrected chi connectivity index (χ3v) is 5.20. The zero-order valence-electron chi connectivity index (χ0n) is 12.0. The van der Waals surface area contributed by atoms with Gasteiger partial charge in [0.2, 0.25) is 15.9 Å². The van der Waals surface area contributed by atoms with E-state index in [0.717, 1.165) is 11.8 Å². The Morgan fingerprint density at radius 3 is 2.57 bits per heavy atom. The molecule has 116 valence electrons. The van der Waals surface area contributed by atoms with E-state index >= 15 is 0 Å². The molecule has 2 unspecified atom stereocenters. The van der Waals surface area contributed by atoms with Gasteiger partial charge >= 0.3 is 0 Å². The van der Waals surface area contributed by atoms with Crippen molar-refractivity contribution in [2.45, 2.75) is 31.8 Å². The summed E-state index contributed by atoms with van der Waals surface area (Å²) in [7, 11) is -3.35. The highest BCUT2D eigenvalue weighted by Gasteiger charge is 2.36. The van der Waals surface area contributed by atoms with E-state index in [0.29, 0.717) is 24.4 Å². The monoisotopic (exact) mass is 330 g/mol. The third-order valence-electron chi connectivity index (χ3n) is 3.66. The average molecular weight is 331 g/mol. The van der Waals surface area contributed by atoms with Gasteiger partial charge in [0, 0.05) is 11.6 Å². The van der Waals surface area contributed by atoms with Gasteiger partial charge in [-0.15, -0.1) is 0 Å². The fraction of sp³-hybridized carbons (Fsp3) is 0.500. The lowest BCUT2D eigenvalue weighted by molar-refractivity contribution is -0.124. The molecule has 1 amide bonds. The van der Waals surface area contributed by atoms with Gasteiger partial charge < -0.3 is 5.32 Å². The summed E-state index contributed by atoms with van der Waals surface area (Å²) in [5.74, 6) is -0.250. The number of rotatable bonds is 4. The van der Waals surface area contributed by atoms with E-state index in [-0.39, 0.29) is 11.9 Å². The number of amides is 1. The molecule has 2 rings (SSSR count). The Balaban J connectivity index is 2.05. The molecular formula is C14H19ClN2O3S. The van der Waals surface area contributed by atoms with Crippen LogP contribution in [0.3, 0.4) is 0 Å². The summed E-state index contributed by atoms with van der Waals surface area (Å²) in [5, 5.41) is 3.51. The van der Waals surface area contributed by atoms with Gasteiger partial charge in [0.25, 0.3) is 0 Å². The topological polar surface area (TPSA) is 66.5 Å². The number of carbonyl (C=O) groups excluding carboxylic acids is 1. The molecule has 1 N–H and O–H groups in total. The van der Waals surface area contributed by atoms with E-state index in [1.54, 1.807) is 12.1 Å². The summed E-state index contributed by atoms with van der Waals surface area (Å²) in [6.07, 6.45) is 2.41. The van der Waals surface area contributed by atoms with E-state index < -0.39 is 16.1 Å². The van der Waals surface area contributed by atoms with Gasteiger partial charge in [-0.3, -0.25) is 4.79 Å². The molecule has 21 heavy (non-hydrogen) atoms. The Labute approximate surface area is 130 Å². The fourth-order valence-corrected chi connectivity index (χ4v) is 3.79. The number of hydrogen-bond donors (Lipinski definition) is 1. The number of halogens is 1. The molecular weight excluding hydrogens is 312 g/mol. The Hall–Kier alpha value is -1.11.